The van der Waals surface area contributed by atoms with Crippen molar-refractivity contribution in [1.82, 2.24) is 4.90 Å². The van der Waals surface area contributed by atoms with E-state index in [-0.39, 0.29) is 20.1 Å². The zero-order valence-electron chi connectivity index (χ0n) is 20.2. The number of nitrogens with zero attached hydrogens (tertiary/aromatic N) is 1. The van der Waals surface area contributed by atoms with Crippen molar-refractivity contribution in [1.29, 1.82) is 0 Å². The molecule has 0 fully saturated rings. The second kappa shape index (κ2) is 12.6. The van der Waals surface area contributed by atoms with Crippen LogP contribution in [-0.2, 0) is 14.3 Å². The summed E-state index contributed by atoms with van der Waals surface area (Å²) in [6.07, 6.45) is -2.55. The number of carbonyl (C=O) groups excluding carboxylic acids is 2. The summed E-state index contributed by atoms with van der Waals surface area (Å²) >= 11 is 0. The fourth-order valence-corrected chi connectivity index (χ4v) is 2.90. The molecule has 0 rings (SSSR count). The van der Waals surface area contributed by atoms with Gasteiger partial charge in [0.2, 0.25) is 0 Å². The van der Waals surface area contributed by atoms with Gasteiger partial charge >= 0.3 is 47.7 Å². The summed E-state index contributed by atoms with van der Waals surface area (Å²) in [6.45, 7) is -0.0728. The number of hydrogen-bond donors (Lipinski definition) is 0. The molecular formula is C20H24F15NO3. The van der Waals surface area contributed by atoms with Crippen LogP contribution in [0.5, 0.6) is 0 Å². The summed E-state index contributed by atoms with van der Waals surface area (Å²) in [4.78, 5) is 22.5. The number of amides is 1. The number of esters is 1. The molecule has 1 amide bonds. The molecule has 0 aliphatic rings. The van der Waals surface area contributed by atoms with Crippen LogP contribution in [0.15, 0.2) is 0 Å². The molecule has 0 aromatic heterocycles. The minimum atomic E-state index is -8.50. The molecule has 232 valence electrons. The average Bonchev–Trinajstić information content (AvgIpc) is 2.78. The first kappa shape index (κ1) is 36.9. The van der Waals surface area contributed by atoms with Crippen molar-refractivity contribution < 1.29 is 80.2 Å². The summed E-state index contributed by atoms with van der Waals surface area (Å²) in [5.74, 6) is -53.7. The number of unbranched alkanes of at least 4 members (excludes halogenated alkanes) is 6. The molecule has 0 unspecified atom stereocenters. The normalized spacial score (nSPS) is 14.4. The maximum atomic E-state index is 14.0. The van der Waals surface area contributed by atoms with Gasteiger partial charge in [-0.1, -0.05) is 45.4 Å². The molecule has 19 heteroatoms. The van der Waals surface area contributed by atoms with E-state index in [0.717, 1.165) is 25.7 Å². The van der Waals surface area contributed by atoms with E-state index in [4.69, 9.17) is 0 Å². The lowest BCUT2D eigenvalue weighted by Crippen LogP contribution is -2.74. The Morgan fingerprint density at radius 3 is 1.41 bits per heavy atom. The standard InChI is InChI=1S/C20H24F15NO3/c1-3-4-5-6-7-8-9-10-39-12(37)11-36(2)13(38)14(21,22)15(23,24)16(25,26)17(27,28)18(29,30)19(31,32)20(33,34)35/h3-11H2,1-2H3. The summed E-state index contributed by atoms with van der Waals surface area (Å²) in [6, 6.07) is 0. The second-order valence-corrected chi connectivity index (χ2v) is 8.45. The van der Waals surface area contributed by atoms with E-state index in [2.05, 4.69) is 4.74 Å². The van der Waals surface area contributed by atoms with Crippen LogP contribution in [0.25, 0.3) is 0 Å². The van der Waals surface area contributed by atoms with Crippen LogP contribution in [-0.4, -0.2) is 78.7 Å². The zero-order chi connectivity index (χ0) is 31.3. The minimum absolute atomic E-state index is 0.0734. The molecular weight excluding hydrogens is 587 g/mol. The van der Waals surface area contributed by atoms with Gasteiger partial charge in [-0.05, 0) is 6.42 Å². The lowest BCUT2D eigenvalue weighted by atomic mass is 9.90. The van der Waals surface area contributed by atoms with Gasteiger partial charge in [-0.25, -0.2) is 0 Å². The third-order valence-corrected chi connectivity index (χ3v) is 5.32. The van der Waals surface area contributed by atoms with Crippen LogP contribution in [0.4, 0.5) is 65.9 Å². The number of carbonyl (C=O) groups is 2. The first-order chi connectivity index (χ1) is 17.3. The monoisotopic (exact) mass is 611 g/mol. The zero-order valence-corrected chi connectivity index (χ0v) is 20.2. The molecule has 0 aliphatic carbocycles. The van der Waals surface area contributed by atoms with Crippen molar-refractivity contribution in [2.75, 3.05) is 20.2 Å². The molecule has 0 bridgehead atoms. The van der Waals surface area contributed by atoms with Crippen molar-refractivity contribution in [2.45, 2.75) is 93.6 Å². The molecule has 0 saturated carbocycles. The molecule has 4 nitrogen and oxygen atoms in total. The molecule has 0 heterocycles. The summed E-state index contributed by atoms with van der Waals surface area (Å²) in [7, 11) is 0.0734. The lowest BCUT2D eigenvalue weighted by Gasteiger charge is -2.41. The molecule has 0 spiro atoms. The highest BCUT2D eigenvalue weighted by atomic mass is 19.4. The number of halogens is 15. The highest BCUT2D eigenvalue weighted by molar-refractivity contribution is 5.88. The van der Waals surface area contributed by atoms with Gasteiger partial charge in [0.05, 0.1) is 6.61 Å². The Labute approximate surface area is 211 Å². The third-order valence-electron chi connectivity index (χ3n) is 5.32. The van der Waals surface area contributed by atoms with E-state index >= 15 is 0 Å². The Kier molecular flexibility index (Phi) is 11.9. The number of likely N-dealkylation sites (N-methyl/N-ethyl adjacent to an activating group) is 1. The van der Waals surface area contributed by atoms with Crippen LogP contribution in [0.2, 0.25) is 0 Å². The summed E-state index contributed by atoms with van der Waals surface area (Å²) in [5.41, 5.74) is 0. The Morgan fingerprint density at radius 2 is 0.974 bits per heavy atom. The SMILES string of the molecule is CCCCCCCCCOC(=O)CN(C)C(=O)C(F)(F)C(F)(F)C(F)(F)C(F)(F)C(F)(F)C(F)(F)C(F)(F)F. The van der Waals surface area contributed by atoms with Gasteiger partial charge < -0.3 is 9.64 Å². The molecule has 0 aliphatic heterocycles. The van der Waals surface area contributed by atoms with Crippen molar-refractivity contribution >= 4 is 11.9 Å². The Balaban J connectivity index is 5.62. The van der Waals surface area contributed by atoms with E-state index < -0.39 is 65.0 Å². The van der Waals surface area contributed by atoms with E-state index in [9.17, 15) is 75.4 Å². The van der Waals surface area contributed by atoms with Crippen molar-refractivity contribution in [3.63, 3.8) is 0 Å². The average molecular weight is 611 g/mol. The lowest BCUT2D eigenvalue weighted by molar-refractivity contribution is -0.449. The van der Waals surface area contributed by atoms with Gasteiger partial charge in [-0.3, -0.25) is 9.59 Å². The van der Waals surface area contributed by atoms with Gasteiger partial charge in [0, 0.05) is 7.05 Å². The van der Waals surface area contributed by atoms with Crippen LogP contribution in [0.3, 0.4) is 0 Å². The smallest absolute Gasteiger partial charge is 0.460 e. The van der Waals surface area contributed by atoms with Crippen LogP contribution in [0.1, 0.15) is 51.9 Å². The third kappa shape index (κ3) is 7.16. The number of ether oxygens (including phenoxy) is 1. The van der Waals surface area contributed by atoms with E-state index in [1.807, 2.05) is 6.92 Å². The first-order valence-electron chi connectivity index (χ1n) is 11.0. The molecule has 39 heavy (non-hydrogen) atoms. The van der Waals surface area contributed by atoms with Gasteiger partial charge in [-0.2, -0.15) is 65.9 Å². The van der Waals surface area contributed by atoms with Crippen LogP contribution >= 0.6 is 0 Å². The van der Waals surface area contributed by atoms with Crippen molar-refractivity contribution in [2.24, 2.45) is 0 Å². The number of hydrogen-bond acceptors (Lipinski definition) is 3. The van der Waals surface area contributed by atoms with Crippen LogP contribution in [0, 0.1) is 0 Å². The minimum Gasteiger partial charge on any atom is -0.464 e. The van der Waals surface area contributed by atoms with Crippen molar-refractivity contribution in [3.8, 4) is 0 Å². The Hall–Kier alpha value is -2.11. The Bertz CT molecular complexity index is 828. The summed E-state index contributed by atoms with van der Waals surface area (Å²) < 4.78 is 203. The summed E-state index contributed by atoms with van der Waals surface area (Å²) in [5, 5.41) is 0. The maximum absolute atomic E-state index is 14.0. The molecule has 0 saturated heterocycles. The van der Waals surface area contributed by atoms with Crippen LogP contribution < -0.4 is 0 Å². The second-order valence-electron chi connectivity index (χ2n) is 8.45. The van der Waals surface area contributed by atoms with E-state index in [1.54, 1.807) is 0 Å². The van der Waals surface area contributed by atoms with Gasteiger partial charge in [0.1, 0.15) is 6.54 Å². The largest absolute Gasteiger partial charge is 0.464 e. The molecule has 0 aromatic rings. The fraction of sp³-hybridized carbons (Fsp3) is 0.900. The van der Waals surface area contributed by atoms with Gasteiger partial charge in [0.25, 0.3) is 5.91 Å². The molecule has 0 radical (unpaired) electrons. The fourth-order valence-electron chi connectivity index (χ4n) is 2.90. The van der Waals surface area contributed by atoms with Crippen molar-refractivity contribution in [3.05, 3.63) is 0 Å². The van der Waals surface area contributed by atoms with Gasteiger partial charge in [-0.15, -0.1) is 0 Å². The quantitative estimate of drug-likeness (QED) is 0.106. The number of alkyl halides is 15. The first-order valence-corrected chi connectivity index (χ1v) is 11.0. The molecule has 0 atom stereocenters. The number of rotatable bonds is 16. The molecule has 0 N–H and O–H groups in total. The Morgan fingerprint density at radius 1 is 0.590 bits per heavy atom. The van der Waals surface area contributed by atoms with E-state index in [0.29, 0.717) is 12.8 Å². The highest BCUT2D eigenvalue weighted by Crippen LogP contribution is 2.62. The predicted molar refractivity (Wildman–Crippen MR) is 102 cm³/mol. The van der Waals surface area contributed by atoms with E-state index in [1.165, 1.54) is 0 Å². The van der Waals surface area contributed by atoms with Gasteiger partial charge in [0.15, 0.2) is 0 Å². The topological polar surface area (TPSA) is 46.6 Å². The highest BCUT2D eigenvalue weighted by Gasteiger charge is 2.94. The predicted octanol–water partition coefficient (Wildman–Crippen LogP) is 7.11. The maximum Gasteiger partial charge on any atom is 0.460 e. The molecule has 0 aromatic carbocycles.